The number of carbonyl (C=O) groups is 3. The zero-order chi connectivity index (χ0) is 23.3. The zero-order valence-corrected chi connectivity index (χ0v) is 18.8. The van der Waals surface area contributed by atoms with Gasteiger partial charge in [-0.3, -0.25) is 9.69 Å². The predicted molar refractivity (Wildman–Crippen MR) is 122 cm³/mol. The Hall–Kier alpha value is -3.30. The van der Waals surface area contributed by atoms with Crippen LogP contribution in [0.4, 0.5) is 5.69 Å². The van der Waals surface area contributed by atoms with Crippen molar-refractivity contribution >= 4 is 58.1 Å². The summed E-state index contributed by atoms with van der Waals surface area (Å²) < 4.78 is 10.1. The third-order valence-corrected chi connectivity index (χ3v) is 5.57. The lowest BCUT2D eigenvalue weighted by atomic mass is 10.2. The minimum Gasteiger partial charge on any atom is -0.480 e. The van der Waals surface area contributed by atoms with Gasteiger partial charge in [0, 0.05) is 7.05 Å². The van der Waals surface area contributed by atoms with Crippen molar-refractivity contribution in [3.05, 3.63) is 63.5 Å². The molecular weight excluding hydrogens is 456 g/mol. The smallest absolute Gasteiger partial charge is 0.341 e. The van der Waals surface area contributed by atoms with Crippen LogP contribution in [0.15, 0.2) is 52.4 Å². The second-order valence-corrected chi connectivity index (χ2v) is 7.93. The van der Waals surface area contributed by atoms with Gasteiger partial charge in [-0.05, 0) is 66.7 Å². The number of carbonyl (C=O) groups excluding carboxylic acids is 2. The Kier molecular flexibility index (Phi) is 7.55. The molecule has 10 heteroatoms. The summed E-state index contributed by atoms with van der Waals surface area (Å²) in [5.41, 5.74) is 1.67. The number of rotatable bonds is 7. The minimum atomic E-state index is -1.11. The number of amidine groups is 1. The highest BCUT2D eigenvalue weighted by Crippen LogP contribution is 2.34. The van der Waals surface area contributed by atoms with Gasteiger partial charge in [0.25, 0.3) is 5.91 Å². The molecule has 1 amide bonds. The van der Waals surface area contributed by atoms with Crippen molar-refractivity contribution in [2.75, 3.05) is 20.3 Å². The molecule has 1 aliphatic heterocycles. The number of hydrogen-bond acceptors (Lipinski definition) is 7. The Labute approximate surface area is 193 Å². The number of likely N-dealkylation sites (N-methyl/N-ethyl adjacent to an activating group) is 1. The molecule has 2 aromatic rings. The molecule has 1 heterocycles. The number of carboxylic acids is 1. The molecule has 1 N–H and O–H groups in total. The number of carboxylic acid groups (broad SMARTS) is 1. The molecule has 0 aliphatic carbocycles. The van der Waals surface area contributed by atoms with Gasteiger partial charge < -0.3 is 14.6 Å². The Morgan fingerprint density at radius 2 is 1.94 bits per heavy atom. The van der Waals surface area contributed by atoms with Crippen LogP contribution < -0.4 is 4.74 Å². The largest absolute Gasteiger partial charge is 0.480 e. The van der Waals surface area contributed by atoms with Gasteiger partial charge in [-0.1, -0.05) is 17.7 Å². The molecule has 0 aromatic heterocycles. The minimum absolute atomic E-state index is 0.223. The number of aliphatic imine (C=N–C) groups is 1. The SMILES string of the molecule is CCOC(=O)c1ccc(N=C2S/C(=C\c3ccc(OCC(=O)O)c(Cl)c3)C(=O)N2C)cc1. The third kappa shape index (κ3) is 5.68. The lowest BCUT2D eigenvalue weighted by molar-refractivity contribution is -0.139. The van der Waals surface area contributed by atoms with Crippen LogP contribution >= 0.6 is 23.4 Å². The van der Waals surface area contributed by atoms with Crippen LogP contribution in [-0.4, -0.2) is 53.3 Å². The van der Waals surface area contributed by atoms with E-state index >= 15 is 0 Å². The molecule has 0 bridgehead atoms. The number of hydrogen-bond donors (Lipinski definition) is 1. The van der Waals surface area contributed by atoms with E-state index in [1.807, 2.05) is 0 Å². The summed E-state index contributed by atoms with van der Waals surface area (Å²) in [6, 6.07) is 11.4. The molecule has 0 atom stereocenters. The number of thioether (sulfide) groups is 1. The maximum absolute atomic E-state index is 12.6. The monoisotopic (exact) mass is 474 g/mol. The van der Waals surface area contributed by atoms with Crippen molar-refractivity contribution in [1.29, 1.82) is 0 Å². The summed E-state index contributed by atoms with van der Waals surface area (Å²) >= 11 is 7.35. The molecule has 0 radical (unpaired) electrons. The number of ether oxygens (including phenoxy) is 2. The molecule has 3 rings (SSSR count). The Morgan fingerprint density at radius 1 is 1.22 bits per heavy atom. The van der Waals surface area contributed by atoms with Crippen LogP contribution in [0.5, 0.6) is 5.75 Å². The Morgan fingerprint density at radius 3 is 2.56 bits per heavy atom. The highest BCUT2D eigenvalue weighted by Gasteiger charge is 2.30. The van der Waals surface area contributed by atoms with Gasteiger partial charge in [-0.15, -0.1) is 0 Å². The van der Waals surface area contributed by atoms with E-state index in [9.17, 15) is 14.4 Å². The first-order chi connectivity index (χ1) is 15.3. The van der Waals surface area contributed by atoms with Gasteiger partial charge in [-0.25, -0.2) is 14.6 Å². The molecule has 166 valence electrons. The van der Waals surface area contributed by atoms with Crippen molar-refractivity contribution in [1.82, 2.24) is 4.90 Å². The van der Waals surface area contributed by atoms with Gasteiger partial charge in [0.2, 0.25) is 0 Å². The molecule has 1 fully saturated rings. The summed E-state index contributed by atoms with van der Waals surface area (Å²) in [6.07, 6.45) is 1.67. The molecule has 0 unspecified atom stereocenters. The first-order valence-electron chi connectivity index (χ1n) is 9.46. The van der Waals surface area contributed by atoms with E-state index < -0.39 is 18.5 Å². The molecule has 8 nitrogen and oxygen atoms in total. The maximum Gasteiger partial charge on any atom is 0.341 e. The number of halogens is 1. The van der Waals surface area contributed by atoms with E-state index in [0.717, 1.165) is 0 Å². The molecule has 0 saturated carbocycles. The van der Waals surface area contributed by atoms with E-state index in [4.69, 9.17) is 26.2 Å². The van der Waals surface area contributed by atoms with Crippen molar-refractivity contribution in [3.63, 3.8) is 0 Å². The van der Waals surface area contributed by atoms with Gasteiger partial charge >= 0.3 is 11.9 Å². The van der Waals surface area contributed by atoms with E-state index in [-0.39, 0.29) is 16.7 Å². The second-order valence-electron chi connectivity index (χ2n) is 6.51. The van der Waals surface area contributed by atoms with Crippen LogP contribution in [-0.2, 0) is 14.3 Å². The number of amides is 1. The average molecular weight is 475 g/mol. The molecule has 1 saturated heterocycles. The summed E-state index contributed by atoms with van der Waals surface area (Å²) in [6.45, 7) is 1.54. The first kappa shape index (κ1) is 23.4. The van der Waals surface area contributed by atoms with Gasteiger partial charge in [-0.2, -0.15) is 0 Å². The zero-order valence-electron chi connectivity index (χ0n) is 17.2. The van der Waals surface area contributed by atoms with Crippen LogP contribution in [0.3, 0.4) is 0 Å². The Bertz CT molecular complexity index is 1110. The van der Waals surface area contributed by atoms with Crippen LogP contribution in [0, 0.1) is 0 Å². The Balaban J connectivity index is 1.76. The normalized spacial score (nSPS) is 16.0. The van der Waals surface area contributed by atoms with E-state index in [0.29, 0.717) is 33.5 Å². The number of benzene rings is 2. The average Bonchev–Trinajstić information content (AvgIpc) is 3.01. The number of aliphatic carboxylic acids is 1. The number of esters is 1. The fourth-order valence-electron chi connectivity index (χ4n) is 2.66. The van der Waals surface area contributed by atoms with Crippen LogP contribution in [0.1, 0.15) is 22.8 Å². The molecule has 1 aliphatic rings. The van der Waals surface area contributed by atoms with Crippen LogP contribution in [0.2, 0.25) is 5.02 Å². The third-order valence-electron chi connectivity index (χ3n) is 4.21. The van der Waals surface area contributed by atoms with E-state index in [1.54, 1.807) is 62.5 Å². The molecular formula is C22H19ClN2O6S. The summed E-state index contributed by atoms with van der Waals surface area (Å²) in [4.78, 5) is 41.4. The highest BCUT2D eigenvalue weighted by atomic mass is 35.5. The van der Waals surface area contributed by atoms with Crippen molar-refractivity contribution in [2.24, 2.45) is 4.99 Å². The van der Waals surface area contributed by atoms with E-state index in [1.165, 1.54) is 16.7 Å². The molecule has 2 aromatic carbocycles. The standard InChI is InChI=1S/C22H19ClN2O6S/c1-3-30-21(29)14-5-7-15(8-6-14)24-22-25(2)20(28)18(32-22)11-13-4-9-17(16(23)10-13)31-12-19(26)27/h4-11H,3,12H2,1-2H3,(H,26,27)/b18-11-,24-22?. The lowest BCUT2D eigenvalue weighted by Gasteiger charge is -2.07. The van der Waals surface area contributed by atoms with Crippen LogP contribution in [0.25, 0.3) is 6.08 Å². The van der Waals surface area contributed by atoms with Crippen molar-refractivity contribution in [2.45, 2.75) is 6.92 Å². The summed E-state index contributed by atoms with van der Waals surface area (Å²) in [5.74, 6) is -1.49. The van der Waals surface area contributed by atoms with Gasteiger partial charge in [0.15, 0.2) is 11.8 Å². The second kappa shape index (κ2) is 10.3. The highest BCUT2D eigenvalue weighted by molar-refractivity contribution is 8.18. The quantitative estimate of drug-likeness (QED) is 0.473. The van der Waals surface area contributed by atoms with Gasteiger partial charge in [0.1, 0.15) is 5.75 Å². The summed E-state index contributed by atoms with van der Waals surface area (Å²) in [7, 11) is 1.62. The fourth-order valence-corrected chi connectivity index (χ4v) is 3.89. The molecule has 0 spiro atoms. The van der Waals surface area contributed by atoms with Crippen molar-refractivity contribution < 1.29 is 29.0 Å². The maximum atomic E-state index is 12.6. The predicted octanol–water partition coefficient (Wildman–Crippen LogP) is 4.21. The van der Waals surface area contributed by atoms with E-state index in [2.05, 4.69) is 4.99 Å². The first-order valence-corrected chi connectivity index (χ1v) is 10.7. The van der Waals surface area contributed by atoms with Gasteiger partial charge in [0.05, 0.1) is 27.8 Å². The topological polar surface area (TPSA) is 106 Å². The molecule has 32 heavy (non-hydrogen) atoms. The summed E-state index contributed by atoms with van der Waals surface area (Å²) in [5, 5.41) is 9.42. The van der Waals surface area contributed by atoms with Crippen molar-refractivity contribution in [3.8, 4) is 5.75 Å². The fraction of sp³-hybridized carbons (Fsp3) is 0.182. The lowest BCUT2D eigenvalue weighted by Crippen LogP contribution is -2.23. The number of nitrogens with zero attached hydrogens (tertiary/aromatic N) is 2.